The maximum atomic E-state index is 12.4. The zero-order chi connectivity index (χ0) is 19.0. The molecule has 0 bridgehead atoms. The van der Waals surface area contributed by atoms with Crippen LogP contribution >= 0.6 is 11.3 Å². The van der Waals surface area contributed by atoms with Crippen molar-refractivity contribution in [2.45, 2.75) is 6.54 Å². The van der Waals surface area contributed by atoms with Gasteiger partial charge in [0.2, 0.25) is 5.13 Å². The quantitative estimate of drug-likeness (QED) is 0.632. The molecule has 1 aliphatic heterocycles. The van der Waals surface area contributed by atoms with Crippen LogP contribution in [-0.4, -0.2) is 43.0 Å². The summed E-state index contributed by atoms with van der Waals surface area (Å²) in [7, 11) is 0. The number of aromatic nitrogens is 4. The van der Waals surface area contributed by atoms with Crippen LogP contribution in [0.5, 0.6) is 0 Å². The number of fused-ring (bicyclic) bond motifs is 1. The molecule has 134 valence electrons. The molecular formula is C16H10N6O4S. The summed E-state index contributed by atoms with van der Waals surface area (Å²) < 4.78 is 0. The predicted octanol–water partition coefficient (Wildman–Crippen LogP) is 0.670. The van der Waals surface area contributed by atoms with Crippen molar-refractivity contribution in [2.24, 2.45) is 0 Å². The fourth-order valence-electron chi connectivity index (χ4n) is 2.52. The van der Waals surface area contributed by atoms with Crippen molar-refractivity contribution in [3.8, 4) is 0 Å². The van der Waals surface area contributed by atoms with Crippen LogP contribution in [-0.2, 0) is 6.54 Å². The van der Waals surface area contributed by atoms with Crippen molar-refractivity contribution in [2.75, 3.05) is 5.32 Å². The lowest BCUT2D eigenvalue weighted by molar-refractivity contribution is 0.0641. The minimum atomic E-state index is -0.574. The van der Waals surface area contributed by atoms with Crippen LogP contribution in [0.3, 0.4) is 0 Å². The third-order valence-electron chi connectivity index (χ3n) is 3.77. The first-order valence-corrected chi connectivity index (χ1v) is 8.49. The number of benzene rings is 1. The first-order valence-electron chi connectivity index (χ1n) is 7.67. The summed E-state index contributed by atoms with van der Waals surface area (Å²) in [5, 5.41) is 16.6. The van der Waals surface area contributed by atoms with Crippen molar-refractivity contribution < 1.29 is 14.4 Å². The lowest BCUT2D eigenvalue weighted by Crippen LogP contribution is -2.29. The molecule has 2 aromatic heterocycles. The van der Waals surface area contributed by atoms with Crippen LogP contribution < -0.4 is 10.9 Å². The molecule has 0 radical (unpaired) electrons. The molecule has 2 N–H and O–H groups in total. The molecule has 3 aromatic rings. The van der Waals surface area contributed by atoms with E-state index in [1.807, 2.05) is 0 Å². The van der Waals surface area contributed by atoms with Crippen LogP contribution in [0.1, 0.15) is 36.2 Å². The van der Waals surface area contributed by atoms with E-state index in [4.69, 9.17) is 0 Å². The second kappa shape index (κ2) is 6.53. The molecule has 27 heavy (non-hydrogen) atoms. The Hall–Kier alpha value is -3.73. The lowest BCUT2D eigenvalue weighted by Gasteiger charge is -2.10. The van der Waals surface area contributed by atoms with Gasteiger partial charge in [0.05, 0.1) is 17.7 Å². The van der Waals surface area contributed by atoms with E-state index in [0.29, 0.717) is 16.1 Å². The highest BCUT2D eigenvalue weighted by Gasteiger charge is 2.35. The largest absolute Gasteiger partial charge is 0.295 e. The molecule has 11 heteroatoms. The molecule has 0 unspecified atom stereocenters. The van der Waals surface area contributed by atoms with Gasteiger partial charge in [0.25, 0.3) is 23.3 Å². The fourth-order valence-corrected chi connectivity index (χ4v) is 3.24. The number of hydrogen-bond donors (Lipinski definition) is 2. The fraction of sp³-hybridized carbons (Fsp3) is 0.0625. The second-order valence-electron chi connectivity index (χ2n) is 5.50. The number of carbonyl (C=O) groups excluding carboxylic acids is 3. The Morgan fingerprint density at radius 3 is 2.37 bits per heavy atom. The van der Waals surface area contributed by atoms with Gasteiger partial charge in [-0.1, -0.05) is 23.5 Å². The van der Waals surface area contributed by atoms with Crippen molar-refractivity contribution in [3.63, 3.8) is 0 Å². The zero-order valence-electron chi connectivity index (χ0n) is 13.5. The van der Waals surface area contributed by atoms with Gasteiger partial charge in [0, 0.05) is 6.07 Å². The number of aromatic amines is 1. The maximum absolute atomic E-state index is 12.4. The van der Waals surface area contributed by atoms with E-state index < -0.39 is 23.3 Å². The van der Waals surface area contributed by atoms with E-state index in [9.17, 15) is 19.2 Å². The highest BCUT2D eigenvalue weighted by atomic mass is 32.1. The highest BCUT2D eigenvalue weighted by Crippen LogP contribution is 2.26. The van der Waals surface area contributed by atoms with Gasteiger partial charge in [-0.2, -0.15) is 5.10 Å². The Labute approximate surface area is 154 Å². The zero-order valence-corrected chi connectivity index (χ0v) is 14.3. The number of amides is 3. The molecule has 0 spiro atoms. The minimum absolute atomic E-state index is 0.00620. The first-order chi connectivity index (χ1) is 13.0. The number of carbonyl (C=O) groups is 3. The normalized spacial score (nSPS) is 13.0. The third-order valence-corrected chi connectivity index (χ3v) is 4.59. The van der Waals surface area contributed by atoms with Crippen LogP contribution in [0.4, 0.5) is 5.13 Å². The Bertz CT molecular complexity index is 1080. The Morgan fingerprint density at radius 2 is 1.74 bits per heavy atom. The number of H-pyrrole nitrogens is 1. The molecule has 1 aliphatic rings. The summed E-state index contributed by atoms with van der Waals surface area (Å²) in [5.74, 6) is -1.36. The smallest absolute Gasteiger partial charge is 0.277 e. The van der Waals surface area contributed by atoms with Crippen molar-refractivity contribution in [3.05, 3.63) is 68.6 Å². The minimum Gasteiger partial charge on any atom is -0.295 e. The number of nitrogens with zero attached hydrogens (tertiary/aromatic N) is 4. The van der Waals surface area contributed by atoms with E-state index in [1.54, 1.807) is 24.3 Å². The number of nitrogens with one attached hydrogen (secondary N) is 2. The van der Waals surface area contributed by atoms with Crippen LogP contribution in [0.25, 0.3) is 0 Å². The predicted molar refractivity (Wildman–Crippen MR) is 93.4 cm³/mol. The summed E-state index contributed by atoms with van der Waals surface area (Å²) >= 11 is 1.03. The van der Waals surface area contributed by atoms with Gasteiger partial charge in [0.1, 0.15) is 10.7 Å². The SMILES string of the molecule is O=C(Nc1nnc(CN2C(=O)c3ccccc3C2=O)s1)c1ccc(=O)[nH]n1. The molecule has 0 fully saturated rings. The first kappa shape index (κ1) is 16.7. The van der Waals surface area contributed by atoms with E-state index in [1.165, 1.54) is 12.1 Å². The molecule has 1 aromatic carbocycles. The average molecular weight is 382 g/mol. The third kappa shape index (κ3) is 3.11. The summed E-state index contributed by atoms with van der Waals surface area (Å²) in [6.45, 7) is -0.0449. The van der Waals surface area contributed by atoms with E-state index in [2.05, 4.69) is 25.7 Å². The standard InChI is InChI=1S/C16H10N6O4S/c23-11-6-5-10(18-19-11)13(24)17-16-21-20-12(27-16)7-22-14(25)8-3-1-2-4-9(8)15(22)26/h1-6H,7H2,(H,19,23)(H,17,21,24). The molecular weight excluding hydrogens is 372 g/mol. The number of imide groups is 1. The van der Waals surface area contributed by atoms with Gasteiger partial charge >= 0.3 is 0 Å². The van der Waals surface area contributed by atoms with Crippen molar-refractivity contribution in [1.82, 2.24) is 25.3 Å². The summed E-state index contributed by atoms with van der Waals surface area (Å²) in [6, 6.07) is 9.02. The van der Waals surface area contributed by atoms with Gasteiger partial charge in [-0.3, -0.25) is 29.4 Å². The molecule has 4 rings (SSSR count). The maximum Gasteiger partial charge on any atom is 0.277 e. The van der Waals surface area contributed by atoms with E-state index in [-0.39, 0.29) is 17.4 Å². The van der Waals surface area contributed by atoms with E-state index >= 15 is 0 Å². The van der Waals surface area contributed by atoms with Crippen LogP contribution in [0.15, 0.2) is 41.2 Å². The number of rotatable bonds is 4. The number of hydrogen-bond acceptors (Lipinski definition) is 8. The summed E-state index contributed by atoms with van der Waals surface area (Å²) in [6.07, 6.45) is 0. The van der Waals surface area contributed by atoms with Crippen LogP contribution in [0, 0.1) is 0 Å². The number of anilines is 1. The van der Waals surface area contributed by atoms with E-state index in [0.717, 1.165) is 16.2 Å². The van der Waals surface area contributed by atoms with Gasteiger partial charge in [-0.15, -0.1) is 10.2 Å². The second-order valence-corrected chi connectivity index (χ2v) is 6.57. The molecule has 3 amide bonds. The monoisotopic (exact) mass is 382 g/mol. The van der Waals surface area contributed by atoms with Crippen molar-refractivity contribution >= 4 is 34.2 Å². The molecule has 0 atom stereocenters. The molecule has 0 saturated carbocycles. The van der Waals surface area contributed by atoms with Gasteiger partial charge in [-0.25, -0.2) is 5.10 Å². The molecule has 0 aliphatic carbocycles. The summed E-state index contributed by atoms with van der Waals surface area (Å²) in [5.41, 5.74) is 0.284. The molecule has 3 heterocycles. The topological polar surface area (TPSA) is 138 Å². The Morgan fingerprint density at radius 1 is 1.04 bits per heavy atom. The Kier molecular flexibility index (Phi) is 4.05. The van der Waals surface area contributed by atoms with Gasteiger partial charge < -0.3 is 0 Å². The average Bonchev–Trinajstić information content (AvgIpc) is 3.21. The lowest BCUT2D eigenvalue weighted by atomic mass is 10.1. The Balaban J connectivity index is 1.47. The van der Waals surface area contributed by atoms with Crippen molar-refractivity contribution in [1.29, 1.82) is 0 Å². The summed E-state index contributed by atoms with van der Waals surface area (Å²) in [4.78, 5) is 48.8. The highest BCUT2D eigenvalue weighted by molar-refractivity contribution is 7.15. The van der Waals surface area contributed by atoms with Gasteiger partial charge in [0.15, 0.2) is 0 Å². The van der Waals surface area contributed by atoms with Crippen LogP contribution in [0.2, 0.25) is 0 Å². The van der Waals surface area contributed by atoms with Gasteiger partial charge in [-0.05, 0) is 18.2 Å². The molecule has 0 saturated heterocycles. The molecule has 10 nitrogen and oxygen atoms in total.